The van der Waals surface area contributed by atoms with Gasteiger partial charge in [-0.2, -0.15) is 8.78 Å². The van der Waals surface area contributed by atoms with Crippen molar-refractivity contribution in [2.75, 3.05) is 0 Å². The highest BCUT2D eigenvalue weighted by molar-refractivity contribution is 5.79. The van der Waals surface area contributed by atoms with E-state index in [0.29, 0.717) is 5.56 Å². The molecule has 7 heteroatoms. The zero-order valence-electron chi connectivity index (χ0n) is 8.11. The number of alkyl halides is 2. The third-order valence-corrected chi connectivity index (χ3v) is 1.96. The molecule has 0 aromatic heterocycles. The molecule has 0 bridgehead atoms. The van der Waals surface area contributed by atoms with Gasteiger partial charge in [-0.05, 0) is 13.0 Å². The van der Waals surface area contributed by atoms with E-state index in [1.807, 2.05) is 0 Å². The fourth-order valence-electron chi connectivity index (χ4n) is 1.18. The Morgan fingerprint density at radius 1 is 1.50 bits per heavy atom. The number of aryl methyl sites for hydroxylation is 1. The van der Waals surface area contributed by atoms with Gasteiger partial charge in [0.15, 0.2) is 0 Å². The third kappa shape index (κ3) is 1.97. The van der Waals surface area contributed by atoms with Gasteiger partial charge in [-0.1, -0.05) is 11.6 Å². The van der Waals surface area contributed by atoms with Crippen molar-refractivity contribution in [1.29, 1.82) is 0 Å². The largest absolute Gasteiger partial charge is 0.477 e. The van der Waals surface area contributed by atoms with E-state index < -0.39 is 28.1 Å². The maximum absolute atomic E-state index is 13.2. The SMILES string of the molecule is Cc1ccc([N+](=O)[O-])c(C(F)(F)C(=O)O)c1. The molecule has 0 amide bonds. The molecule has 0 heterocycles. The van der Waals surface area contributed by atoms with Gasteiger partial charge in [0.25, 0.3) is 5.69 Å². The summed E-state index contributed by atoms with van der Waals surface area (Å²) >= 11 is 0. The van der Waals surface area contributed by atoms with Crippen molar-refractivity contribution in [2.45, 2.75) is 12.8 Å². The van der Waals surface area contributed by atoms with Gasteiger partial charge in [0.2, 0.25) is 0 Å². The second-order valence-corrected chi connectivity index (χ2v) is 3.16. The average Bonchev–Trinajstić information content (AvgIpc) is 2.16. The first kappa shape index (κ1) is 12.0. The number of nitro groups is 1. The standard InChI is InChI=1S/C9H7F2NO4/c1-5-2-3-7(12(15)16)6(4-5)9(10,11)8(13)14/h2-4H,1H3,(H,13,14). The van der Waals surface area contributed by atoms with Gasteiger partial charge in [0.05, 0.1) is 4.92 Å². The number of carbonyl (C=O) groups is 1. The van der Waals surface area contributed by atoms with Crippen LogP contribution in [0.2, 0.25) is 0 Å². The summed E-state index contributed by atoms with van der Waals surface area (Å²) < 4.78 is 26.4. The number of carboxylic acid groups (broad SMARTS) is 1. The van der Waals surface area contributed by atoms with Crippen molar-refractivity contribution in [1.82, 2.24) is 0 Å². The summed E-state index contributed by atoms with van der Waals surface area (Å²) in [5.74, 6) is -6.68. The summed E-state index contributed by atoms with van der Waals surface area (Å²) in [7, 11) is 0. The minimum Gasteiger partial charge on any atom is -0.477 e. The zero-order chi connectivity index (χ0) is 12.5. The van der Waals surface area contributed by atoms with Crippen molar-refractivity contribution in [3.63, 3.8) is 0 Å². The molecular weight excluding hydrogens is 224 g/mol. The van der Waals surface area contributed by atoms with Gasteiger partial charge >= 0.3 is 11.9 Å². The molecular formula is C9H7F2NO4. The van der Waals surface area contributed by atoms with Gasteiger partial charge in [-0.3, -0.25) is 10.1 Å². The van der Waals surface area contributed by atoms with Crippen molar-refractivity contribution in [3.05, 3.63) is 39.4 Å². The van der Waals surface area contributed by atoms with Gasteiger partial charge in [0.1, 0.15) is 5.56 Å². The first-order chi connectivity index (χ1) is 7.26. The first-order valence-electron chi connectivity index (χ1n) is 4.13. The zero-order valence-corrected chi connectivity index (χ0v) is 8.11. The molecule has 5 nitrogen and oxygen atoms in total. The molecule has 86 valence electrons. The van der Waals surface area contributed by atoms with Crippen LogP contribution in [-0.4, -0.2) is 16.0 Å². The quantitative estimate of drug-likeness (QED) is 0.637. The fraction of sp³-hybridized carbons (Fsp3) is 0.222. The predicted molar refractivity (Wildman–Crippen MR) is 49.4 cm³/mol. The number of halogens is 2. The Kier molecular flexibility index (Phi) is 2.88. The van der Waals surface area contributed by atoms with E-state index in [1.54, 1.807) is 0 Å². The molecule has 0 aliphatic heterocycles. The van der Waals surface area contributed by atoms with E-state index in [2.05, 4.69) is 0 Å². The van der Waals surface area contributed by atoms with E-state index >= 15 is 0 Å². The molecule has 0 aliphatic carbocycles. The van der Waals surface area contributed by atoms with Crippen LogP contribution >= 0.6 is 0 Å². The van der Waals surface area contributed by atoms with Gasteiger partial charge < -0.3 is 5.11 Å². The molecule has 0 aliphatic rings. The Hall–Kier alpha value is -2.05. The van der Waals surface area contributed by atoms with Gasteiger partial charge in [-0.25, -0.2) is 4.79 Å². The highest BCUT2D eigenvalue weighted by Gasteiger charge is 2.46. The lowest BCUT2D eigenvalue weighted by Crippen LogP contribution is -2.26. The van der Waals surface area contributed by atoms with Crippen LogP contribution in [0.4, 0.5) is 14.5 Å². The van der Waals surface area contributed by atoms with Crippen molar-refractivity contribution in [2.24, 2.45) is 0 Å². The molecule has 1 N–H and O–H groups in total. The summed E-state index contributed by atoms with van der Waals surface area (Å²) in [6.07, 6.45) is 0. The van der Waals surface area contributed by atoms with E-state index in [-0.39, 0.29) is 0 Å². The van der Waals surface area contributed by atoms with Crippen LogP contribution in [0.25, 0.3) is 0 Å². The number of hydrogen-bond donors (Lipinski definition) is 1. The number of rotatable bonds is 3. The highest BCUT2D eigenvalue weighted by Crippen LogP contribution is 2.35. The Bertz CT molecular complexity index is 459. The van der Waals surface area contributed by atoms with Crippen molar-refractivity contribution < 1.29 is 23.6 Å². The first-order valence-corrected chi connectivity index (χ1v) is 4.13. The van der Waals surface area contributed by atoms with Crippen LogP contribution < -0.4 is 0 Å². The number of nitro benzene ring substituents is 1. The molecule has 0 spiro atoms. The predicted octanol–water partition coefficient (Wildman–Crippen LogP) is 2.08. The maximum Gasteiger partial charge on any atom is 0.379 e. The maximum atomic E-state index is 13.2. The summed E-state index contributed by atoms with van der Waals surface area (Å²) in [6.45, 7) is 1.44. The summed E-state index contributed by atoms with van der Waals surface area (Å²) in [5, 5.41) is 18.8. The van der Waals surface area contributed by atoms with Crippen LogP contribution in [0.5, 0.6) is 0 Å². The molecule has 16 heavy (non-hydrogen) atoms. The minimum atomic E-state index is -4.27. The summed E-state index contributed by atoms with van der Waals surface area (Å²) in [6, 6.07) is 2.92. The number of carboxylic acids is 1. The Balaban J connectivity index is 3.47. The smallest absolute Gasteiger partial charge is 0.379 e. The molecule has 0 atom stereocenters. The summed E-state index contributed by atoms with van der Waals surface area (Å²) in [4.78, 5) is 19.8. The van der Waals surface area contributed by atoms with E-state index in [9.17, 15) is 23.7 Å². The molecule has 1 aromatic carbocycles. The fourth-order valence-corrected chi connectivity index (χ4v) is 1.18. The lowest BCUT2D eigenvalue weighted by atomic mass is 10.0. The molecule has 1 aromatic rings. The highest BCUT2D eigenvalue weighted by atomic mass is 19.3. The van der Waals surface area contributed by atoms with Crippen LogP contribution in [0.1, 0.15) is 11.1 Å². The second kappa shape index (κ2) is 3.84. The Labute approximate surface area is 88.5 Å². The van der Waals surface area contributed by atoms with Gasteiger partial charge in [-0.15, -0.1) is 0 Å². The molecule has 0 radical (unpaired) electrons. The number of hydrogen-bond acceptors (Lipinski definition) is 3. The number of nitrogens with zero attached hydrogens (tertiary/aromatic N) is 1. The van der Waals surface area contributed by atoms with Crippen molar-refractivity contribution in [3.8, 4) is 0 Å². The normalized spacial score (nSPS) is 11.2. The van der Waals surface area contributed by atoms with Crippen LogP contribution in [0.15, 0.2) is 18.2 Å². The third-order valence-electron chi connectivity index (χ3n) is 1.96. The Morgan fingerprint density at radius 2 is 2.06 bits per heavy atom. The van der Waals surface area contributed by atoms with E-state index in [0.717, 1.165) is 12.1 Å². The van der Waals surface area contributed by atoms with Crippen LogP contribution in [-0.2, 0) is 10.7 Å². The lowest BCUT2D eigenvalue weighted by Gasteiger charge is -2.12. The summed E-state index contributed by atoms with van der Waals surface area (Å²) in [5.41, 5.74) is -1.69. The second-order valence-electron chi connectivity index (χ2n) is 3.16. The number of benzene rings is 1. The lowest BCUT2D eigenvalue weighted by molar-refractivity contribution is -0.386. The topological polar surface area (TPSA) is 80.4 Å². The van der Waals surface area contributed by atoms with Crippen molar-refractivity contribution >= 4 is 11.7 Å². The molecule has 0 saturated heterocycles. The Morgan fingerprint density at radius 3 is 2.50 bits per heavy atom. The monoisotopic (exact) mass is 231 g/mol. The van der Waals surface area contributed by atoms with E-state index in [1.165, 1.54) is 13.0 Å². The average molecular weight is 231 g/mol. The minimum absolute atomic E-state index is 0.321. The van der Waals surface area contributed by atoms with Crippen LogP contribution in [0, 0.1) is 17.0 Å². The molecule has 0 unspecified atom stereocenters. The van der Waals surface area contributed by atoms with Crippen LogP contribution in [0.3, 0.4) is 0 Å². The molecule has 1 rings (SSSR count). The molecule has 0 saturated carbocycles. The van der Waals surface area contributed by atoms with Gasteiger partial charge in [0, 0.05) is 6.07 Å². The number of aliphatic carboxylic acids is 1. The molecule has 0 fully saturated rings. The van der Waals surface area contributed by atoms with E-state index in [4.69, 9.17) is 5.11 Å².